The van der Waals surface area contributed by atoms with Crippen LogP contribution in [-0.2, 0) is 6.42 Å². The number of hydrogen-bond acceptors (Lipinski definition) is 1. The first-order valence-electron chi connectivity index (χ1n) is 5.77. The topological polar surface area (TPSA) is 29.0 Å². The van der Waals surface area contributed by atoms with Crippen molar-refractivity contribution in [1.82, 2.24) is 0 Å². The zero-order valence-electron chi connectivity index (χ0n) is 9.19. The normalized spacial score (nSPS) is 15.4. The predicted molar refractivity (Wildman–Crippen MR) is 66.7 cm³/mol. The summed E-state index contributed by atoms with van der Waals surface area (Å²) in [4.78, 5) is 4.50. The van der Waals surface area contributed by atoms with E-state index in [4.69, 9.17) is 0 Å². The molecule has 2 aromatic rings. The molecule has 0 saturated carbocycles. The first-order chi connectivity index (χ1) is 7.93. The first-order valence-corrected chi connectivity index (χ1v) is 5.77. The maximum absolute atomic E-state index is 4.50. The summed E-state index contributed by atoms with van der Waals surface area (Å²) in [5.74, 6) is 1.25. The van der Waals surface area contributed by atoms with Crippen molar-refractivity contribution >= 4 is 16.6 Å². The molecule has 0 aliphatic carbocycles. The summed E-state index contributed by atoms with van der Waals surface area (Å²) in [5.41, 5.74) is 1.38. The largest absolute Gasteiger partial charge is 0.300 e. The van der Waals surface area contributed by atoms with Crippen LogP contribution in [-0.4, -0.2) is 18.9 Å². The molecule has 2 N–H and O–H groups in total. The summed E-state index contributed by atoms with van der Waals surface area (Å²) in [5, 5.41) is 4.92. The Morgan fingerprint density at radius 3 is 2.81 bits per heavy atom. The van der Waals surface area contributed by atoms with Gasteiger partial charge in [0.05, 0.1) is 13.0 Å². The molecule has 0 fully saturated rings. The quantitative estimate of drug-likeness (QED) is 0.777. The average Bonchev–Trinajstić information content (AvgIpc) is 2.82. The Morgan fingerprint density at radius 2 is 1.94 bits per heavy atom. The van der Waals surface area contributed by atoms with Gasteiger partial charge in [-0.2, -0.15) is 0 Å². The van der Waals surface area contributed by atoms with Crippen LogP contribution in [0.2, 0.25) is 0 Å². The molecule has 0 unspecified atom stereocenters. The number of benzene rings is 2. The highest BCUT2D eigenvalue weighted by Crippen LogP contribution is 2.18. The highest BCUT2D eigenvalue weighted by Gasteiger charge is 2.12. The van der Waals surface area contributed by atoms with Crippen molar-refractivity contribution in [3.63, 3.8) is 0 Å². The standard InChI is InChI=1S/C14H14N2/c1-2-7-13-11(4-1)5-3-6-12(13)10-14-15-8-9-16-14/h1-7H,8-10H2,(H,15,16)/p+1. The number of hydrogen-bond donors (Lipinski definition) is 1. The van der Waals surface area contributed by atoms with Gasteiger partial charge in [0.25, 0.3) is 0 Å². The molecule has 0 aromatic heterocycles. The van der Waals surface area contributed by atoms with E-state index in [1.54, 1.807) is 0 Å². The van der Waals surface area contributed by atoms with Crippen LogP contribution in [0, 0.1) is 0 Å². The van der Waals surface area contributed by atoms with Gasteiger partial charge >= 0.3 is 0 Å². The molecule has 16 heavy (non-hydrogen) atoms. The molecule has 0 spiro atoms. The smallest absolute Gasteiger partial charge is 0.199 e. The van der Waals surface area contributed by atoms with Crippen molar-refractivity contribution < 1.29 is 5.32 Å². The van der Waals surface area contributed by atoms with Crippen molar-refractivity contribution in [2.75, 3.05) is 13.1 Å². The van der Waals surface area contributed by atoms with Gasteiger partial charge in [0.1, 0.15) is 6.54 Å². The number of nitrogens with zero attached hydrogens (tertiary/aromatic N) is 1. The van der Waals surface area contributed by atoms with Gasteiger partial charge < -0.3 is 0 Å². The molecule has 1 aliphatic heterocycles. The highest BCUT2D eigenvalue weighted by molar-refractivity contribution is 5.89. The molecule has 0 amide bonds. The lowest BCUT2D eigenvalue weighted by atomic mass is 10.0. The lowest BCUT2D eigenvalue weighted by Crippen LogP contribution is -2.86. The van der Waals surface area contributed by atoms with Crippen molar-refractivity contribution in [3.8, 4) is 0 Å². The van der Waals surface area contributed by atoms with Crippen LogP contribution in [0.25, 0.3) is 10.8 Å². The van der Waals surface area contributed by atoms with Crippen molar-refractivity contribution in [2.24, 2.45) is 4.99 Å². The zero-order chi connectivity index (χ0) is 10.8. The number of quaternary nitrogens is 1. The number of amidine groups is 1. The Hall–Kier alpha value is -1.67. The van der Waals surface area contributed by atoms with Gasteiger partial charge in [-0.1, -0.05) is 42.5 Å². The third-order valence-corrected chi connectivity index (χ3v) is 3.08. The lowest BCUT2D eigenvalue weighted by Gasteiger charge is -2.04. The van der Waals surface area contributed by atoms with E-state index < -0.39 is 0 Å². The minimum atomic E-state index is 0.972. The van der Waals surface area contributed by atoms with Gasteiger partial charge in [0, 0.05) is 0 Å². The van der Waals surface area contributed by atoms with Crippen LogP contribution in [0.1, 0.15) is 5.56 Å². The summed E-state index contributed by atoms with van der Waals surface area (Å²) in [6.45, 7) is 2.08. The van der Waals surface area contributed by atoms with Crippen LogP contribution in [0.4, 0.5) is 0 Å². The van der Waals surface area contributed by atoms with Crippen LogP contribution in [0.5, 0.6) is 0 Å². The van der Waals surface area contributed by atoms with E-state index in [0.29, 0.717) is 0 Å². The molecule has 0 atom stereocenters. The zero-order valence-corrected chi connectivity index (χ0v) is 9.19. The monoisotopic (exact) mass is 211 g/mol. The van der Waals surface area contributed by atoms with Gasteiger partial charge in [0.15, 0.2) is 5.84 Å². The molecule has 1 heterocycles. The Kier molecular flexibility index (Phi) is 2.43. The van der Waals surface area contributed by atoms with Crippen molar-refractivity contribution in [3.05, 3.63) is 48.0 Å². The Morgan fingerprint density at radius 1 is 1.06 bits per heavy atom. The van der Waals surface area contributed by atoms with Gasteiger partial charge in [-0.15, -0.1) is 0 Å². The fraction of sp³-hybridized carbons (Fsp3) is 0.214. The fourth-order valence-electron chi connectivity index (χ4n) is 2.27. The number of fused-ring (bicyclic) bond motifs is 1. The predicted octanol–water partition coefficient (Wildman–Crippen LogP) is 1.36. The maximum Gasteiger partial charge on any atom is 0.199 e. The molecular formula is C14H15N2+. The molecule has 0 saturated heterocycles. The molecular weight excluding hydrogens is 196 g/mol. The Labute approximate surface area is 95.0 Å². The van der Waals surface area contributed by atoms with Gasteiger partial charge in [-0.3, -0.25) is 5.32 Å². The fourth-order valence-corrected chi connectivity index (χ4v) is 2.27. The van der Waals surface area contributed by atoms with E-state index in [9.17, 15) is 0 Å². The van der Waals surface area contributed by atoms with Crippen molar-refractivity contribution in [1.29, 1.82) is 0 Å². The first kappa shape index (κ1) is 9.55. The Balaban J connectivity index is 2.02. The molecule has 2 aromatic carbocycles. The summed E-state index contributed by atoms with van der Waals surface area (Å²) >= 11 is 0. The Bertz CT molecular complexity index is 538. The van der Waals surface area contributed by atoms with Gasteiger partial charge in [0.2, 0.25) is 0 Å². The van der Waals surface area contributed by atoms with Crippen LogP contribution < -0.4 is 5.32 Å². The third-order valence-electron chi connectivity index (χ3n) is 3.08. The molecule has 0 radical (unpaired) electrons. The molecule has 3 rings (SSSR count). The number of rotatable bonds is 2. The summed E-state index contributed by atoms with van der Waals surface area (Å²) in [6, 6.07) is 15.1. The van der Waals surface area contributed by atoms with E-state index >= 15 is 0 Å². The van der Waals surface area contributed by atoms with Crippen LogP contribution >= 0.6 is 0 Å². The lowest BCUT2D eigenvalue weighted by molar-refractivity contribution is -0.529. The van der Waals surface area contributed by atoms with E-state index in [1.165, 1.54) is 22.2 Å². The number of nitrogens with two attached hydrogens (primary N) is 1. The summed E-state index contributed by atoms with van der Waals surface area (Å²) in [7, 11) is 0. The molecule has 2 nitrogen and oxygen atoms in total. The van der Waals surface area contributed by atoms with E-state index in [-0.39, 0.29) is 0 Å². The molecule has 80 valence electrons. The minimum absolute atomic E-state index is 0.972. The van der Waals surface area contributed by atoms with Gasteiger partial charge in [-0.25, -0.2) is 4.99 Å². The van der Waals surface area contributed by atoms with E-state index in [0.717, 1.165) is 19.5 Å². The maximum atomic E-state index is 4.50. The van der Waals surface area contributed by atoms with Crippen LogP contribution in [0.15, 0.2) is 47.5 Å². The third kappa shape index (κ3) is 1.72. The van der Waals surface area contributed by atoms with Gasteiger partial charge in [-0.05, 0) is 16.3 Å². The second-order valence-electron chi connectivity index (χ2n) is 4.18. The second-order valence-corrected chi connectivity index (χ2v) is 4.18. The minimum Gasteiger partial charge on any atom is -0.300 e. The highest BCUT2D eigenvalue weighted by atomic mass is 15.1. The summed E-state index contributed by atoms with van der Waals surface area (Å²) < 4.78 is 0. The summed E-state index contributed by atoms with van der Waals surface area (Å²) in [6.07, 6.45) is 0.974. The number of aliphatic imine (C=N–C) groups is 1. The average molecular weight is 211 g/mol. The molecule has 1 aliphatic rings. The van der Waals surface area contributed by atoms with Crippen molar-refractivity contribution in [2.45, 2.75) is 6.42 Å². The molecule has 0 bridgehead atoms. The van der Waals surface area contributed by atoms with E-state index in [2.05, 4.69) is 52.8 Å². The van der Waals surface area contributed by atoms with Crippen LogP contribution in [0.3, 0.4) is 0 Å². The molecule has 2 heteroatoms. The second kappa shape index (κ2) is 4.06. The van der Waals surface area contributed by atoms with E-state index in [1.807, 2.05) is 0 Å². The SMILES string of the molecule is c1ccc2c(CC3=NCC[NH2+]3)cccc2c1.